The zero-order valence-corrected chi connectivity index (χ0v) is 10.6. The molecule has 0 aromatic rings. The Bertz CT molecular complexity index is 207. The average Bonchev–Trinajstić information content (AvgIpc) is 2.46. The fraction of sp³-hybridized carbons (Fsp3) is 1.00. The summed E-state index contributed by atoms with van der Waals surface area (Å²) in [6.07, 6.45) is 0. The minimum atomic E-state index is 0.385. The molecule has 14 heavy (non-hydrogen) atoms. The van der Waals surface area contributed by atoms with Crippen LogP contribution < -0.4 is 0 Å². The number of likely N-dealkylation sites (tertiary alicyclic amines) is 1. The minimum Gasteiger partial charge on any atom is -0.298 e. The van der Waals surface area contributed by atoms with Gasteiger partial charge in [0.1, 0.15) is 0 Å². The molecule has 0 bridgehead atoms. The molecule has 0 amide bonds. The molecule has 1 heterocycles. The fourth-order valence-corrected chi connectivity index (χ4v) is 3.36. The maximum Gasteiger partial charge on any atom is 0.0125 e. The van der Waals surface area contributed by atoms with E-state index in [9.17, 15) is 0 Å². The molecule has 0 N–H and O–H groups in total. The third-order valence-electron chi connectivity index (χ3n) is 4.14. The SMILES string of the molecule is CC(C)(C)C1[C@H]2CN(C(C)(C)C)C[C@@H]12. The van der Waals surface area contributed by atoms with E-state index in [1.54, 1.807) is 0 Å². The number of hydrogen-bond acceptors (Lipinski definition) is 1. The molecule has 1 unspecified atom stereocenters. The lowest BCUT2D eigenvalue weighted by Gasteiger charge is -2.35. The summed E-state index contributed by atoms with van der Waals surface area (Å²) in [4.78, 5) is 2.66. The van der Waals surface area contributed by atoms with Gasteiger partial charge in [-0.15, -0.1) is 0 Å². The van der Waals surface area contributed by atoms with Gasteiger partial charge in [0.25, 0.3) is 0 Å². The first kappa shape index (κ1) is 10.5. The Kier molecular flexibility index (Phi) is 2.06. The standard InChI is InChI=1S/C13H25N/c1-12(2,3)11-9-7-14(8-10(9)11)13(4,5)6/h9-11H,7-8H2,1-6H3/t9-,10+,11?. The van der Waals surface area contributed by atoms with Gasteiger partial charge in [0.05, 0.1) is 0 Å². The van der Waals surface area contributed by atoms with Gasteiger partial charge in [-0.1, -0.05) is 20.8 Å². The Hall–Kier alpha value is -0.0400. The van der Waals surface area contributed by atoms with Gasteiger partial charge < -0.3 is 0 Å². The third kappa shape index (κ3) is 1.60. The van der Waals surface area contributed by atoms with Crippen LogP contribution in [0.5, 0.6) is 0 Å². The smallest absolute Gasteiger partial charge is 0.0125 e. The lowest BCUT2D eigenvalue weighted by atomic mass is 9.86. The number of fused-ring (bicyclic) bond motifs is 1. The maximum atomic E-state index is 2.66. The van der Waals surface area contributed by atoms with Crippen molar-refractivity contribution in [2.75, 3.05) is 13.1 Å². The van der Waals surface area contributed by atoms with Crippen molar-refractivity contribution in [3.05, 3.63) is 0 Å². The Morgan fingerprint density at radius 2 is 1.29 bits per heavy atom. The highest BCUT2D eigenvalue weighted by Gasteiger charge is 2.60. The predicted molar refractivity (Wildman–Crippen MR) is 61.3 cm³/mol. The number of hydrogen-bond donors (Lipinski definition) is 0. The van der Waals surface area contributed by atoms with Crippen molar-refractivity contribution in [3.8, 4) is 0 Å². The Morgan fingerprint density at radius 3 is 1.57 bits per heavy atom. The van der Waals surface area contributed by atoms with Crippen LogP contribution in [0.2, 0.25) is 0 Å². The Labute approximate surface area is 88.9 Å². The van der Waals surface area contributed by atoms with Gasteiger partial charge in [-0.2, -0.15) is 0 Å². The summed E-state index contributed by atoms with van der Waals surface area (Å²) in [5, 5.41) is 0. The topological polar surface area (TPSA) is 3.24 Å². The van der Waals surface area contributed by atoms with Gasteiger partial charge >= 0.3 is 0 Å². The van der Waals surface area contributed by atoms with Crippen LogP contribution in [0, 0.1) is 23.2 Å². The monoisotopic (exact) mass is 195 g/mol. The second-order valence-corrected chi connectivity index (χ2v) is 7.30. The molecule has 2 fully saturated rings. The third-order valence-corrected chi connectivity index (χ3v) is 4.14. The van der Waals surface area contributed by atoms with E-state index >= 15 is 0 Å². The molecule has 1 aliphatic heterocycles. The molecular formula is C13H25N. The van der Waals surface area contributed by atoms with Gasteiger partial charge in [0.2, 0.25) is 0 Å². The van der Waals surface area contributed by atoms with Gasteiger partial charge in [-0.05, 0) is 43.9 Å². The van der Waals surface area contributed by atoms with Crippen molar-refractivity contribution in [1.82, 2.24) is 4.90 Å². The van der Waals surface area contributed by atoms with E-state index in [1.165, 1.54) is 13.1 Å². The fourth-order valence-electron chi connectivity index (χ4n) is 3.36. The van der Waals surface area contributed by atoms with Crippen molar-refractivity contribution in [3.63, 3.8) is 0 Å². The van der Waals surface area contributed by atoms with E-state index in [4.69, 9.17) is 0 Å². The van der Waals surface area contributed by atoms with Crippen LogP contribution in [-0.4, -0.2) is 23.5 Å². The summed E-state index contributed by atoms with van der Waals surface area (Å²) in [5.74, 6) is 3.02. The summed E-state index contributed by atoms with van der Waals surface area (Å²) in [6.45, 7) is 16.9. The molecule has 0 aromatic heterocycles. The second-order valence-electron chi connectivity index (χ2n) is 7.30. The average molecular weight is 195 g/mol. The molecule has 2 rings (SSSR count). The number of piperidine rings is 1. The van der Waals surface area contributed by atoms with Crippen molar-refractivity contribution in [1.29, 1.82) is 0 Å². The van der Waals surface area contributed by atoms with Crippen LogP contribution in [-0.2, 0) is 0 Å². The van der Waals surface area contributed by atoms with Crippen LogP contribution >= 0.6 is 0 Å². The molecule has 1 saturated heterocycles. The van der Waals surface area contributed by atoms with Crippen LogP contribution in [0.15, 0.2) is 0 Å². The van der Waals surface area contributed by atoms with Crippen molar-refractivity contribution in [2.24, 2.45) is 23.2 Å². The van der Waals surface area contributed by atoms with Crippen LogP contribution in [0.4, 0.5) is 0 Å². The first-order valence-corrected chi connectivity index (χ1v) is 5.96. The molecule has 1 aliphatic carbocycles. The summed E-state index contributed by atoms with van der Waals surface area (Å²) in [6, 6.07) is 0. The highest BCUT2D eigenvalue weighted by atomic mass is 15.2. The Morgan fingerprint density at radius 1 is 0.857 bits per heavy atom. The summed E-state index contributed by atoms with van der Waals surface area (Å²) < 4.78 is 0. The molecule has 1 saturated carbocycles. The molecule has 1 heteroatoms. The van der Waals surface area contributed by atoms with Gasteiger partial charge in [0, 0.05) is 18.6 Å². The molecule has 0 spiro atoms. The summed E-state index contributed by atoms with van der Waals surface area (Å²) in [5.41, 5.74) is 0.926. The van der Waals surface area contributed by atoms with Crippen molar-refractivity contribution in [2.45, 2.75) is 47.1 Å². The maximum absolute atomic E-state index is 2.66. The lowest BCUT2D eigenvalue weighted by Crippen LogP contribution is -2.42. The molecule has 0 aromatic carbocycles. The number of rotatable bonds is 0. The molecular weight excluding hydrogens is 170 g/mol. The summed E-state index contributed by atoms with van der Waals surface area (Å²) >= 11 is 0. The zero-order chi connectivity index (χ0) is 10.7. The van der Waals surface area contributed by atoms with Crippen LogP contribution in [0.3, 0.4) is 0 Å². The van der Waals surface area contributed by atoms with Crippen molar-refractivity contribution >= 4 is 0 Å². The van der Waals surface area contributed by atoms with E-state index in [-0.39, 0.29) is 0 Å². The summed E-state index contributed by atoms with van der Waals surface area (Å²) in [7, 11) is 0. The van der Waals surface area contributed by atoms with Crippen LogP contribution in [0.25, 0.3) is 0 Å². The molecule has 1 nitrogen and oxygen atoms in total. The van der Waals surface area contributed by atoms with Gasteiger partial charge in [-0.25, -0.2) is 0 Å². The highest BCUT2D eigenvalue weighted by Crippen LogP contribution is 2.60. The number of nitrogens with zero attached hydrogens (tertiary/aromatic N) is 1. The largest absolute Gasteiger partial charge is 0.298 e. The molecule has 82 valence electrons. The molecule has 3 atom stereocenters. The van der Waals surface area contributed by atoms with E-state index in [0.717, 1.165) is 17.8 Å². The van der Waals surface area contributed by atoms with E-state index < -0.39 is 0 Å². The highest BCUT2D eigenvalue weighted by molar-refractivity contribution is 5.10. The molecule has 0 radical (unpaired) electrons. The van der Waals surface area contributed by atoms with E-state index in [1.807, 2.05) is 0 Å². The quantitative estimate of drug-likeness (QED) is 0.574. The minimum absolute atomic E-state index is 0.385. The second kappa shape index (κ2) is 2.75. The van der Waals surface area contributed by atoms with E-state index in [0.29, 0.717) is 11.0 Å². The Balaban J connectivity index is 1.94. The van der Waals surface area contributed by atoms with Crippen LogP contribution in [0.1, 0.15) is 41.5 Å². The van der Waals surface area contributed by atoms with Gasteiger partial charge in [0.15, 0.2) is 0 Å². The lowest BCUT2D eigenvalue weighted by molar-refractivity contribution is 0.130. The first-order valence-electron chi connectivity index (χ1n) is 5.96. The zero-order valence-electron chi connectivity index (χ0n) is 10.6. The molecule has 2 aliphatic rings. The van der Waals surface area contributed by atoms with Gasteiger partial charge in [-0.3, -0.25) is 4.90 Å². The normalized spacial score (nSPS) is 38.6. The van der Waals surface area contributed by atoms with E-state index in [2.05, 4.69) is 46.4 Å². The first-order chi connectivity index (χ1) is 6.21. The van der Waals surface area contributed by atoms with Crippen molar-refractivity contribution < 1.29 is 0 Å². The predicted octanol–water partition coefficient (Wildman–Crippen LogP) is 3.01.